The predicted octanol–water partition coefficient (Wildman–Crippen LogP) is 5.60. The topological polar surface area (TPSA) is 26.3 Å². The van der Waals surface area contributed by atoms with Crippen molar-refractivity contribution in [2.45, 2.75) is 19.2 Å². The Balaban J connectivity index is 1.76. The van der Waals surface area contributed by atoms with Crippen LogP contribution in [0.25, 0.3) is 6.08 Å². The highest BCUT2D eigenvalue weighted by atomic mass is 19.4. The van der Waals surface area contributed by atoms with Crippen molar-refractivity contribution in [2.75, 3.05) is 0 Å². The molecule has 1 aliphatic carbocycles. The number of carbonyl (C=O) groups excluding carboxylic acids is 1. The van der Waals surface area contributed by atoms with E-state index in [1.54, 1.807) is 18.2 Å². The summed E-state index contributed by atoms with van der Waals surface area (Å²) >= 11 is 0. The van der Waals surface area contributed by atoms with Crippen LogP contribution in [0.15, 0.2) is 71.5 Å². The van der Waals surface area contributed by atoms with Crippen LogP contribution in [-0.2, 0) is 4.79 Å². The minimum atomic E-state index is -4.75. The van der Waals surface area contributed by atoms with E-state index in [-0.39, 0.29) is 22.7 Å². The summed E-state index contributed by atoms with van der Waals surface area (Å²) in [5.74, 6) is 4.28. The molecule has 0 amide bonds. The molecule has 0 saturated heterocycles. The van der Waals surface area contributed by atoms with Gasteiger partial charge in [-0.2, -0.15) is 0 Å². The number of allylic oxidation sites excluding steroid dienone is 3. The lowest BCUT2D eigenvalue weighted by molar-refractivity contribution is -0.274. The van der Waals surface area contributed by atoms with Gasteiger partial charge in [-0.1, -0.05) is 42.2 Å². The highest BCUT2D eigenvalue weighted by Crippen LogP contribution is 2.23. The molecule has 0 bridgehead atoms. The molecule has 146 valence electrons. The zero-order chi connectivity index (χ0) is 20.9. The number of hydrogen-bond donors (Lipinski definition) is 0. The first-order valence-corrected chi connectivity index (χ1v) is 8.64. The molecule has 0 aromatic heterocycles. The molecule has 0 atom stereocenters. The van der Waals surface area contributed by atoms with E-state index in [1.807, 2.05) is 0 Å². The van der Waals surface area contributed by atoms with Crippen LogP contribution in [0.3, 0.4) is 0 Å². The quantitative estimate of drug-likeness (QED) is 0.285. The Hall–Kier alpha value is -3.55. The number of Topliss-reactive ketones (excluding diaryl/α,β-unsaturated/α-hetero) is 1. The second kappa shape index (κ2) is 8.64. The Morgan fingerprint density at radius 3 is 2.41 bits per heavy atom. The molecule has 3 rings (SSSR count). The number of benzene rings is 2. The van der Waals surface area contributed by atoms with Crippen molar-refractivity contribution in [3.8, 4) is 17.6 Å². The fourth-order valence-electron chi connectivity index (χ4n) is 2.61. The summed E-state index contributed by atoms with van der Waals surface area (Å²) in [6.45, 7) is 0. The first kappa shape index (κ1) is 20.2. The number of hydrogen-bond acceptors (Lipinski definition) is 2. The van der Waals surface area contributed by atoms with Crippen LogP contribution in [-0.4, -0.2) is 12.1 Å². The maximum atomic E-state index is 13.6. The highest BCUT2D eigenvalue weighted by Gasteiger charge is 2.30. The Labute approximate surface area is 164 Å². The lowest BCUT2D eigenvalue weighted by Crippen LogP contribution is -2.16. The lowest BCUT2D eigenvalue weighted by Gasteiger charge is -2.09. The van der Waals surface area contributed by atoms with E-state index >= 15 is 0 Å². The van der Waals surface area contributed by atoms with Crippen LogP contribution in [0.5, 0.6) is 5.75 Å². The average molecular weight is 398 g/mol. The smallest absolute Gasteiger partial charge is 0.406 e. The molecule has 2 aromatic rings. The monoisotopic (exact) mass is 398 g/mol. The Morgan fingerprint density at radius 2 is 1.72 bits per heavy atom. The standard InChI is InChI=1S/C23H14F4O2/c24-21-7-2-1-4-17(21)12-13-19-6-3-5-18(22(19)28)11-8-16-9-14-20(15-10-16)29-23(25,26)27/h1-2,4,6-10,14-15H,3,5H2. The van der Waals surface area contributed by atoms with Gasteiger partial charge >= 0.3 is 6.36 Å². The van der Waals surface area contributed by atoms with Gasteiger partial charge in [-0.05, 0) is 48.7 Å². The molecule has 0 aliphatic heterocycles. The zero-order valence-corrected chi connectivity index (χ0v) is 15.0. The summed E-state index contributed by atoms with van der Waals surface area (Å²) in [6, 6.07) is 11.2. The molecule has 0 saturated carbocycles. The van der Waals surface area contributed by atoms with Crippen molar-refractivity contribution in [3.63, 3.8) is 0 Å². The third kappa shape index (κ3) is 5.71. The minimum absolute atomic E-state index is 0.203. The van der Waals surface area contributed by atoms with Crippen molar-refractivity contribution in [1.29, 1.82) is 0 Å². The lowest BCUT2D eigenvalue weighted by atomic mass is 9.93. The fourth-order valence-corrected chi connectivity index (χ4v) is 2.61. The molecule has 0 unspecified atom stereocenters. The molecule has 2 aromatic carbocycles. The molecule has 0 radical (unpaired) electrons. The van der Waals surface area contributed by atoms with Gasteiger partial charge in [0.15, 0.2) is 0 Å². The van der Waals surface area contributed by atoms with E-state index in [9.17, 15) is 22.4 Å². The van der Waals surface area contributed by atoms with Crippen molar-refractivity contribution in [3.05, 3.63) is 88.4 Å². The molecule has 0 fully saturated rings. The van der Waals surface area contributed by atoms with Gasteiger partial charge < -0.3 is 4.74 Å². The summed E-state index contributed by atoms with van der Waals surface area (Å²) in [4.78, 5) is 12.5. The van der Waals surface area contributed by atoms with E-state index in [1.165, 1.54) is 42.5 Å². The summed E-state index contributed by atoms with van der Waals surface area (Å²) in [5.41, 5.74) is 4.33. The molecule has 0 N–H and O–H groups in total. The van der Waals surface area contributed by atoms with Gasteiger partial charge in [0.2, 0.25) is 5.78 Å². The van der Waals surface area contributed by atoms with Crippen LogP contribution >= 0.6 is 0 Å². The molecule has 0 heterocycles. The normalized spacial score (nSPS) is 13.7. The van der Waals surface area contributed by atoms with Gasteiger partial charge in [-0.15, -0.1) is 18.9 Å². The molecule has 29 heavy (non-hydrogen) atoms. The number of rotatable bonds is 2. The van der Waals surface area contributed by atoms with E-state index in [0.717, 1.165) is 0 Å². The largest absolute Gasteiger partial charge is 0.573 e. The third-order valence-electron chi connectivity index (χ3n) is 3.99. The van der Waals surface area contributed by atoms with Gasteiger partial charge in [0.25, 0.3) is 0 Å². The van der Waals surface area contributed by atoms with Crippen LogP contribution in [0.2, 0.25) is 0 Å². The van der Waals surface area contributed by atoms with Crippen LogP contribution in [0.1, 0.15) is 24.0 Å². The van der Waals surface area contributed by atoms with Crippen molar-refractivity contribution < 1.29 is 27.1 Å². The van der Waals surface area contributed by atoms with Crippen LogP contribution in [0, 0.1) is 17.7 Å². The summed E-state index contributed by atoms with van der Waals surface area (Å²) in [6.07, 6.45) is -0.486. The van der Waals surface area contributed by atoms with Crippen molar-refractivity contribution in [2.24, 2.45) is 0 Å². The van der Waals surface area contributed by atoms with Gasteiger partial charge in [0.05, 0.1) is 11.1 Å². The average Bonchev–Trinajstić information content (AvgIpc) is 2.67. The van der Waals surface area contributed by atoms with Crippen molar-refractivity contribution in [1.82, 2.24) is 0 Å². The number of alkyl halides is 3. The SMILES string of the molecule is O=C1C(=C=Cc2ccc(OC(F)(F)F)cc2)CCC=C1C#Cc1ccccc1F. The third-order valence-corrected chi connectivity index (χ3v) is 3.99. The summed E-state index contributed by atoms with van der Waals surface area (Å²) in [7, 11) is 0. The summed E-state index contributed by atoms with van der Waals surface area (Å²) < 4.78 is 54.0. The van der Waals surface area contributed by atoms with E-state index < -0.39 is 12.2 Å². The van der Waals surface area contributed by atoms with Gasteiger partial charge in [-0.3, -0.25) is 4.79 Å². The van der Waals surface area contributed by atoms with Gasteiger partial charge in [0.1, 0.15) is 11.6 Å². The van der Waals surface area contributed by atoms with E-state index in [4.69, 9.17) is 0 Å². The Bertz CT molecular complexity index is 1070. The first-order chi connectivity index (χ1) is 13.8. The predicted molar refractivity (Wildman–Crippen MR) is 100 cm³/mol. The van der Waals surface area contributed by atoms with E-state index in [2.05, 4.69) is 22.3 Å². The fraction of sp³-hybridized carbons (Fsp3) is 0.130. The Morgan fingerprint density at radius 1 is 1.00 bits per heavy atom. The van der Waals surface area contributed by atoms with Crippen molar-refractivity contribution >= 4 is 11.9 Å². The summed E-state index contributed by atoms with van der Waals surface area (Å²) in [5, 5.41) is 0. The molecular weight excluding hydrogens is 384 g/mol. The first-order valence-electron chi connectivity index (χ1n) is 8.64. The maximum absolute atomic E-state index is 13.6. The number of ketones is 1. The van der Waals surface area contributed by atoms with Crippen LogP contribution in [0.4, 0.5) is 17.6 Å². The van der Waals surface area contributed by atoms with Gasteiger partial charge in [-0.25, -0.2) is 4.39 Å². The van der Waals surface area contributed by atoms with E-state index in [0.29, 0.717) is 24.0 Å². The molecule has 2 nitrogen and oxygen atoms in total. The van der Waals surface area contributed by atoms with Gasteiger partial charge in [0, 0.05) is 5.57 Å². The number of halogens is 4. The van der Waals surface area contributed by atoms with Crippen LogP contribution < -0.4 is 4.74 Å². The molecule has 6 heteroatoms. The molecule has 0 spiro atoms. The second-order valence-electron chi connectivity index (χ2n) is 6.10. The molecule has 1 aliphatic rings. The Kier molecular flexibility index (Phi) is 6.01. The maximum Gasteiger partial charge on any atom is 0.573 e. The number of ether oxygens (including phenoxy) is 1. The minimum Gasteiger partial charge on any atom is -0.406 e. The molecular formula is C23H14F4O2. The number of carbonyl (C=O) groups is 1. The highest BCUT2D eigenvalue weighted by molar-refractivity contribution is 6.12. The second-order valence-corrected chi connectivity index (χ2v) is 6.10. The zero-order valence-electron chi connectivity index (χ0n) is 15.0.